The van der Waals surface area contributed by atoms with Gasteiger partial charge >= 0.3 is 0 Å². The summed E-state index contributed by atoms with van der Waals surface area (Å²) in [5.74, 6) is 0.861. The van der Waals surface area contributed by atoms with E-state index in [4.69, 9.17) is 16.2 Å². The van der Waals surface area contributed by atoms with E-state index in [-0.39, 0.29) is 0 Å². The molecule has 3 nitrogen and oxygen atoms in total. The van der Waals surface area contributed by atoms with Gasteiger partial charge in [-0.15, -0.1) is 0 Å². The van der Waals surface area contributed by atoms with Gasteiger partial charge in [-0.3, -0.25) is 0 Å². The molecule has 0 amide bonds. The molecule has 17 heavy (non-hydrogen) atoms. The van der Waals surface area contributed by atoms with Crippen LogP contribution in [0.15, 0.2) is 36.4 Å². The van der Waals surface area contributed by atoms with Crippen molar-refractivity contribution in [2.24, 2.45) is 11.5 Å². The number of hydrogen-bond acceptors (Lipinski definition) is 3. The predicted molar refractivity (Wildman–Crippen MR) is 71.1 cm³/mol. The normalized spacial score (nSPS) is 14.6. The predicted octanol–water partition coefficient (Wildman–Crippen LogP) is 1.98. The van der Waals surface area contributed by atoms with Gasteiger partial charge in [-0.1, -0.05) is 18.2 Å². The molecule has 0 saturated carbocycles. The van der Waals surface area contributed by atoms with Crippen LogP contribution in [0.25, 0.3) is 10.8 Å². The van der Waals surface area contributed by atoms with Crippen LogP contribution in [-0.4, -0.2) is 13.7 Å². The molecule has 0 bridgehead atoms. The Morgan fingerprint density at radius 1 is 1.12 bits per heavy atom. The number of nitrogens with two attached hydrogens (primary N) is 2. The summed E-state index contributed by atoms with van der Waals surface area (Å²) in [4.78, 5) is 0. The third-order valence-corrected chi connectivity index (χ3v) is 3.13. The zero-order chi connectivity index (χ0) is 12.5. The Hall–Kier alpha value is -1.58. The summed E-state index contributed by atoms with van der Waals surface area (Å²) in [7, 11) is 1.67. The van der Waals surface area contributed by atoms with Gasteiger partial charge in [-0.2, -0.15) is 0 Å². The number of fused-ring (bicyclic) bond motifs is 1. The van der Waals surface area contributed by atoms with E-state index in [9.17, 15) is 0 Å². The minimum Gasteiger partial charge on any atom is -0.497 e. The van der Waals surface area contributed by atoms with Crippen molar-refractivity contribution in [1.29, 1.82) is 0 Å². The van der Waals surface area contributed by atoms with Gasteiger partial charge in [0.25, 0.3) is 0 Å². The first-order chi connectivity index (χ1) is 8.06. The van der Waals surface area contributed by atoms with Gasteiger partial charge in [0.05, 0.1) is 12.6 Å². The smallest absolute Gasteiger partial charge is 0.119 e. The first-order valence-corrected chi connectivity index (χ1v) is 5.64. The Kier molecular flexibility index (Phi) is 3.05. The fourth-order valence-corrected chi connectivity index (χ4v) is 1.82. The van der Waals surface area contributed by atoms with E-state index in [1.165, 1.54) is 0 Å². The van der Waals surface area contributed by atoms with Crippen LogP contribution < -0.4 is 16.2 Å². The van der Waals surface area contributed by atoms with Crippen molar-refractivity contribution < 1.29 is 4.74 Å². The summed E-state index contributed by atoms with van der Waals surface area (Å²) in [6, 6.07) is 12.1. The maximum atomic E-state index is 6.13. The van der Waals surface area contributed by atoms with Crippen LogP contribution in [0, 0.1) is 0 Å². The second kappa shape index (κ2) is 4.35. The summed E-state index contributed by atoms with van der Waals surface area (Å²) in [6.45, 7) is 2.37. The lowest BCUT2D eigenvalue weighted by Crippen LogP contribution is -2.40. The number of methoxy groups -OCH3 is 1. The minimum atomic E-state index is -0.478. The second-order valence-electron chi connectivity index (χ2n) is 4.55. The molecule has 0 aliphatic carbocycles. The average Bonchev–Trinajstić information content (AvgIpc) is 2.37. The van der Waals surface area contributed by atoms with E-state index in [1.807, 2.05) is 37.3 Å². The fourth-order valence-electron chi connectivity index (χ4n) is 1.82. The lowest BCUT2D eigenvalue weighted by molar-refractivity contribution is 0.415. The molecule has 0 aliphatic rings. The summed E-state index contributed by atoms with van der Waals surface area (Å²) >= 11 is 0. The molecule has 90 valence electrons. The third-order valence-electron chi connectivity index (χ3n) is 3.13. The zero-order valence-electron chi connectivity index (χ0n) is 10.2. The SMILES string of the molecule is COc1ccc2cc(C(C)(N)CN)ccc2c1. The maximum absolute atomic E-state index is 6.13. The molecule has 2 rings (SSSR count). The van der Waals surface area contributed by atoms with E-state index in [1.54, 1.807) is 7.11 Å². The van der Waals surface area contributed by atoms with Crippen molar-refractivity contribution in [3.05, 3.63) is 42.0 Å². The first-order valence-electron chi connectivity index (χ1n) is 5.64. The summed E-state index contributed by atoms with van der Waals surface area (Å²) in [5, 5.41) is 2.29. The quantitative estimate of drug-likeness (QED) is 0.847. The van der Waals surface area contributed by atoms with Crippen LogP contribution in [0.4, 0.5) is 0 Å². The van der Waals surface area contributed by atoms with Crippen LogP contribution in [0.2, 0.25) is 0 Å². The van der Waals surface area contributed by atoms with Gasteiger partial charge in [0.15, 0.2) is 0 Å². The van der Waals surface area contributed by atoms with E-state index < -0.39 is 5.54 Å². The lowest BCUT2D eigenvalue weighted by atomic mass is 9.91. The highest BCUT2D eigenvalue weighted by atomic mass is 16.5. The molecule has 2 aromatic carbocycles. The van der Waals surface area contributed by atoms with Crippen molar-refractivity contribution in [3.8, 4) is 5.75 Å². The van der Waals surface area contributed by atoms with E-state index in [2.05, 4.69) is 6.07 Å². The van der Waals surface area contributed by atoms with Crippen molar-refractivity contribution in [2.45, 2.75) is 12.5 Å². The molecule has 0 radical (unpaired) electrons. The van der Waals surface area contributed by atoms with Crippen molar-refractivity contribution in [1.82, 2.24) is 0 Å². The van der Waals surface area contributed by atoms with Crippen molar-refractivity contribution >= 4 is 10.8 Å². The number of benzene rings is 2. The second-order valence-corrected chi connectivity index (χ2v) is 4.55. The van der Waals surface area contributed by atoms with Crippen molar-refractivity contribution in [2.75, 3.05) is 13.7 Å². The Balaban J connectivity index is 2.52. The van der Waals surface area contributed by atoms with Crippen LogP contribution in [0.5, 0.6) is 5.75 Å². The van der Waals surface area contributed by atoms with Gasteiger partial charge in [0.2, 0.25) is 0 Å². The van der Waals surface area contributed by atoms with Crippen LogP contribution in [-0.2, 0) is 5.54 Å². The standard InChI is InChI=1S/C14H18N2O/c1-14(16,9-15)12-5-3-11-8-13(17-2)6-4-10(11)7-12/h3-8H,9,15-16H2,1-2H3. The molecular formula is C14H18N2O. The molecule has 3 heteroatoms. The van der Waals surface area contributed by atoms with Gasteiger partial charge in [0.1, 0.15) is 5.75 Å². The number of ether oxygens (including phenoxy) is 1. The van der Waals surface area contributed by atoms with Crippen LogP contribution >= 0.6 is 0 Å². The highest BCUT2D eigenvalue weighted by Gasteiger charge is 2.18. The molecule has 2 aromatic rings. The number of rotatable bonds is 3. The Morgan fingerprint density at radius 3 is 2.41 bits per heavy atom. The van der Waals surface area contributed by atoms with E-state index >= 15 is 0 Å². The lowest BCUT2D eigenvalue weighted by Gasteiger charge is -2.23. The summed E-state index contributed by atoms with van der Waals surface area (Å²) in [5.41, 5.74) is 12.4. The molecule has 0 heterocycles. The molecule has 1 unspecified atom stereocenters. The summed E-state index contributed by atoms with van der Waals surface area (Å²) < 4.78 is 5.20. The van der Waals surface area contributed by atoms with E-state index in [0.717, 1.165) is 22.1 Å². The monoisotopic (exact) mass is 230 g/mol. The largest absolute Gasteiger partial charge is 0.497 e. The molecular weight excluding hydrogens is 212 g/mol. The fraction of sp³-hybridized carbons (Fsp3) is 0.286. The highest BCUT2D eigenvalue weighted by molar-refractivity contribution is 5.84. The van der Waals surface area contributed by atoms with Gasteiger partial charge in [0, 0.05) is 6.54 Å². The average molecular weight is 230 g/mol. The number of hydrogen-bond donors (Lipinski definition) is 2. The van der Waals surface area contributed by atoms with Crippen LogP contribution in [0.3, 0.4) is 0 Å². The van der Waals surface area contributed by atoms with Gasteiger partial charge in [-0.05, 0) is 41.5 Å². The Morgan fingerprint density at radius 2 is 1.76 bits per heavy atom. The summed E-state index contributed by atoms with van der Waals surface area (Å²) in [6.07, 6.45) is 0. The maximum Gasteiger partial charge on any atom is 0.119 e. The first kappa shape index (κ1) is 11.9. The topological polar surface area (TPSA) is 61.3 Å². The Labute approximate surface area is 101 Å². The van der Waals surface area contributed by atoms with Crippen LogP contribution in [0.1, 0.15) is 12.5 Å². The third kappa shape index (κ3) is 2.25. The molecule has 0 fully saturated rings. The van der Waals surface area contributed by atoms with Crippen molar-refractivity contribution in [3.63, 3.8) is 0 Å². The Bertz CT molecular complexity index is 535. The van der Waals surface area contributed by atoms with Gasteiger partial charge in [-0.25, -0.2) is 0 Å². The minimum absolute atomic E-state index is 0.425. The molecule has 0 spiro atoms. The molecule has 0 aliphatic heterocycles. The van der Waals surface area contributed by atoms with E-state index in [0.29, 0.717) is 6.54 Å². The molecule has 0 saturated heterocycles. The zero-order valence-corrected chi connectivity index (χ0v) is 10.2. The molecule has 1 atom stereocenters. The molecule has 0 aromatic heterocycles. The molecule has 4 N–H and O–H groups in total. The highest BCUT2D eigenvalue weighted by Crippen LogP contribution is 2.25. The van der Waals surface area contributed by atoms with Gasteiger partial charge < -0.3 is 16.2 Å².